The summed E-state index contributed by atoms with van der Waals surface area (Å²) in [5, 5.41) is 24.5. The number of aromatic hydroxyl groups is 1. The van der Waals surface area contributed by atoms with Crippen LogP contribution in [-0.2, 0) is 25.9 Å². The van der Waals surface area contributed by atoms with Crippen molar-refractivity contribution in [1.82, 2.24) is 35.3 Å². The number of fused-ring (bicyclic) bond motifs is 1. The second-order valence-electron chi connectivity index (χ2n) is 9.94. The molecule has 186 valence electrons. The molecule has 0 saturated carbocycles. The molecule has 3 aliphatic heterocycles. The Kier molecular flexibility index (Phi) is 5.33. The van der Waals surface area contributed by atoms with Crippen LogP contribution in [0.1, 0.15) is 58.1 Å². The van der Waals surface area contributed by atoms with E-state index in [2.05, 4.69) is 20.8 Å². The zero-order valence-corrected chi connectivity index (χ0v) is 20.8. The predicted octanol–water partition coefficient (Wildman–Crippen LogP) is 0.912. The molecule has 0 radical (unpaired) electrons. The molecule has 4 heterocycles. The Balaban J connectivity index is 1.43. The number of aromatic nitrogens is 4. The summed E-state index contributed by atoms with van der Waals surface area (Å²) in [4.78, 5) is 41.8. The van der Waals surface area contributed by atoms with Gasteiger partial charge in [0.2, 0.25) is 11.8 Å². The van der Waals surface area contributed by atoms with E-state index in [1.54, 1.807) is 33.7 Å². The number of nitrogens with zero attached hydrogens (tertiary/aromatic N) is 6. The van der Waals surface area contributed by atoms with Gasteiger partial charge in [0.05, 0.1) is 5.66 Å². The lowest BCUT2D eigenvalue weighted by atomic mass is 9.93. The highest BCUT2D eigenvalue weighted by molar-refractivity contribution is 8.01. The lowest BCUT2D eigenvalue weighted by molar-refractivity contribution is -0.165. The first-order valence-corrected chi connectivity index (χ1v) is 12.1. The molecule has 1 aromatic heterocycles. The summed E-state index contributed by atoms with van der Waals surface area (Å²) in [5.74, 6) is -0.304. The molecule has 3 aliphatic rings. The summed E-state index contributed by atoms with van der Waals surface area (Å²) in [7, 11) is 0. The van der Waals surface area contributed by atoms with E-state index < -0.39 is 34.5 Å². The van der Waals surface area contributed by atoms with Gasteiger partial charge in [0.1, 0.15) is 29.2 Å². The van der Waals surface area contributed by atoms with Crippen molar-refractivity contribution in [2.45, 2.75) is 75.3 Å². The van der Waals surface area contributed by atoms with Crippen molar-refractivity contribution in [2.24, 2.45) is 0 Å². The number of thioether (sulfide) groups is 1. The van der Waals surface area contributed by atoms with E-state index in [1.807, 2.05) is 27.7 Å². The fourth-order valence-corrected chi connectivity index (χ4v) is 6.85. The van der Waals surface area contributed by atoms with Crippen molar-refractivity contribution in [3.63, 3.8) is 0 Å². The fraction of sp³-hybridized carbons (Fsp3) is 0.545. The van der Waals surface area contributed by atoms with Crippen LogP contribution in [0.25, 0.3) is 0 Å². The minimum Gasteiger partial charge on any atom is -0.508 e. The number of ether oxygens (including phenoxy) is 1. The van der Waals surface area contributed by atoms with Crippen molar-refractivity contribution < 1.29 is 24.2 Å². The summed E-state index contributed by atoms with van der Waals surface area (Å²) in [6.45, 7) is 8.91. The number of β-lactam (4-membered cyclic amide) rings is 1. The summed E-state index contributed by atoms with van der Waals surface area (Å²) < 4.78 is 5.98. The smallest absolute Gasteiger partial charge is 0.304 e. The minimum atomic E-state index is -0.772. The van der Waals surface area contributed by atoms with Gasteiger partial charge < -0.3 is 19.6 Å². The molecule has 13 heteroatoms. The molecule has 12 nitrogen and oxygen atoms in total. The fourth-order valence-electron chi connectivity index (χ4n) is 5.18. The molecule has 4 atom stereocenters. The van der Waals surface area contributed by atoms with Crippen molar-refractivity contribution in [3.05, 3.63) is 35.7 Å². The second-order valence-corrected chi connectivity index (χ2v) is 11.7. The quantitative estimate of drug-likeness (QED) is 0.448. The van der Waals surface area contributed by atoms with Crippen LogP contribution in [0, 0.1) is 0 Å². The van der Waals surface area contributed by atoms with Crippen molar-refractivity contribution >= 4 is 29.5 Å². The van der Waals surface area contributed by atoms with Crippen LogP contribution < -0.4 is 5.32 Å². The number of carbonyl (C=O) groups is 3. The summed E-state index contributed by atoms with van der Waals surface area (Å²) in [5.41, 5.74) is -0.0555. The normalized spacial score (nSPS) is 28.7. The maximum atomic E-state index is 13.6. The topological polar surface area (TPSA) is 143 Å². The van der Waals surface area contributed by atoms with Gasteiger partial charge in [0.15, 0.2) is 12.6 Å². The molecule has 0 bridgehead atoms. The Morgan fingerprint density at radius 3 is 2.51 bits per heavy atom. The number of hydrogen-bond acceptors (Lipinski definition) is 10. The Hall–Kier alpha value is -3.19. The zero-order valence-electron chi connectivity index (χ0n) is 20.0. The lowest BCUT2D eigenvalue weighted by Crippen LogP contribution is -2.71. The molecule has 2 N–H and O–H groups in total. The van der Waals surface area contributed by atoms with E-state index in [-0.39, 0.29) is 29.7 Å². The highest BCUT2D eigenvalue weighted by atomic mass is 32.2. The third-order valence-corrected chi connectivity index (χ3v) is 8.25. The largest absolute Gasteiger partial charge is 0.508 e. The van der Waals surface area contributed by atoms with E-state index in [1.165, 1.54) is 23.7 Å². The summed E-state index contributed by atoms with van der Waals surface area (Å²) in [6, 6.07) is 4.73. The second kappa shape index (κ2) is 7.92. The number of phenolic OH excluding ortho intramolecular Hbond substituents is 1. The number of carbonyl (C=O) groups excluding carboxylic acids is 3. The number of benzene rings is 1. The molecule has 35 heavy (non-hydrogen) atoms. The van der Waals surface area contributed by atoms with Crippen LogP contribution in [0.15, 0.2) is 24.3 Å². The molecule has 2 amide bonds. The van der Waals surface area contributed by atoms with Gasteiger partial charge in [-0.05, 0) is 55.8 Å². The lowest BCUT2D eigenvalue weighted by Gasteiger charge is -2.50. The first-order chi connectivity index (χ1) is 16.4. The maximum absolute atomic E-state index is 13.6. The van der Waals surface area contributed by atoms with Gasteiger partial charge in [-0.15, -0.1) is 16.9 Å². The first-order valence-electron chi connectivity index (χ1n) is 11.2. The molecule has 5 rings (SSSR count). The number of nitrogens with one attached hydrogen (secondary N) is 1. The van der Waals surface area contributed by atoms with Crippen molar-refractivity contribution in [3.8, 4) is 5.75 Å². The van der Waals surface area contributed by atoms with Crippen LogP contribution in [0.3, 0.4) is 0 Å². The minimum absolute atomic E-state index is 0.117. The highest BCUT2D eigenvalue weighted by Gasteiger charge is 2.67. The Labute approximate surface area is 206 Å². The molecule has 1 aromatic carbocycles. The number of rotatable bonds is 5. The van der Waals surface area contributed by atoms with E-state index in [4.69, 9.17) is 4.74 Å². The van der Waals surface area contributed by atoms with E-state index in [9.17, 15) is 19.5 Å². The molecule has 3 fully saturated rings. The van der Waals surface area contributed by atoms with Gasteiger partial charge in [0.25, 0.3) is 0 Å². The number of amides is 2. The maximum Gasteiger partial charge on any atom is 0.304 e. The first kappa shape index (κ1) is 23.5. The SMILES string of the molecule is CC(=O)OCn1nnnc1C1N2C(=O)C(N3C(=O)C(c4ccc(O)cc4)NC3(C)C)C2SC1(C)C. The molecule has 0 aliphatic carbocycles. The number of esters is 1. The number of tetrazole rings is 1. The molecule has 4 unspecified atom stereocenters. The van der Waals surface area contributed by atoms with Crippen LogP contribution in [0.2, 0.25) is 0 Å². The van der Waals surface area contributed by atoms with E-state index in [0.717, 1.165) is 0 Å². The standard InChI is InChI=1S/C22H27N7O5S/c1-11(30)34-10-27-17(24-25-26-27)16-21(2,3)35-20-15(19(33)28(16)20)29-18(32)14(23-22(29,4)5)12-6-8-13(31)9-7-12/h6-9,14-16,20,23,31H,10H2,1-5H3. The van der Waals surface area contributed by atoms with Gasteiger partial charge in [-0.25, -0.2) is 0 Å². The zero-order chi connectivity index (χ0) is 25.3. The molecular weight excluding hydrogens is 474 g/mol. The highest BCUT2D eigenvalue weighted by Crippen LogP contribution is 2.58. The van der Waals surface area contributed by atoms with Crippen LogP contribution in [-0.4, -0.2) is 74.7 Å². The number of phenols is 1. The molecule has 2 aromatic rings. The molecule has 0 spiro atoms. The average Bonchev–Trinajstić information content (AvgIpc) is 3.40. The third kappa shape index (κ3) is 3.64. The van der Waals surface area contributed by atoms with Gasteiger partial charge in [-0.2, -0.15) is 4.68 Å². The van der Waals surface area contributed by atoms with E-state index in [0.29, 0.717) is 11.4 Å². The van der Waals surface area contributed by atoms with Gasteiger partial charge >= 0.3 is 5.97 Å². The molecular formula is C22H27N7O5S. The van der Waals surface area contributed by atoms with Crippen LogP contribution in [0.5, 0.6) is 5.75 Å². The predicted molar refractivity (Wildman–Crippen MR) is 123 cm³/mol. The summed E-state index contributed by atoms with van der Waals surface area (Å²) in [6.07, 6.45) is 0. The Bertz CT molecular complexity index is 1200. The summed E-state index contributed by atoms with van der Waals surface area (Å²) >= 11 is 1.59. The van der Waals surface area contributed by atoms with Gasteiger partial charge in [-0.3, -0.25) is 19.7 Å². The number of hydrogen-bond donors (Lipinski definition) is 2. The van der Waals surface area contributed by atoms with Crippen molar-refractivity contribution in [1.29, 1.82) is 0 Å². The van der Waals surface area contributed by atoms with Crippen LogP contribution >= 0.6 is 11.8 Å². The monoisotopic (exact) mass is 501 g/mol. The van der Waals surface area contributed by atoms with E-state index >= 15 is 0 Å². The average molecular weight is 502 g/mol. The molecule has 3 saturated heterocycles. The van der Waals surface area contributed by atoms with Gasteiger partial charge in [-0.1, -0.05) is 12.1 Å². The van der Waals surface area contributed by atoms with Crippen molar-refractivity contribution in [2.75, 3.05) is 0 Å². The van der Waals surface area contributed by atoms with Gasteiger partial charge in [0, 0.05) is 11.7 Å². The Morgan fingerprint density at radius 1 is 1.17 bits per heavy atom. The Morgan fingerprint density at radius 2 is 1.86 bits per heavy atom. The third-order valence-electron chi connectivity index (χ3n) is 6.70. The van der Waals surface area contributed by atoms with Crippen LogP contribution in [0.4, 0.5) is 0 Å².